The van der Waals surface area contributed by atoms with Crippen LogP contribution in [0.4, 0.5) is 0 Å². The fourth-order valence-electron chi connectivity index (χ4n) is 3.05. The van der Waals surface area contributed by atoms with Gasteiger partial charge in [0, 0.05) is 13.1 Å². The number of amides is 1. The minimum absolute atomic E-state index is 0.283. The summed E-state index contributed by atoms with van der Waals surface area (Å²) in [6.45, 7) is 9.57. The maximum Gasteiger partial charge on any atom is 0.242 e. The van der Waals surface area contributed by atoms with Crippen molar-refractivity contribution in [1.29, 1.82) is 0 Å². The first-order chi connectivity index (χ1) is 7.93. The Morgan fingerprint density at radius 1 is 1.06 bits per heavy atom. The lowest BCUT2D eigenvalue weighted by molar-refractivity contribution is -0.137. The zero-order valence-electron chi connectivity index (χ0n) is 11.5. The van der Waals surface area contributed by atoms with Gasteiger partial charge in [-0.05, 0) is 51.0 Å². The lowest BCUT2D eigenvalue weighted by atomic mass is 9.85. The van der Waals surface area contributed by atoms with E-state index in [-0.39, 0.29) is 5.54 Å². The molecule has 1 N–H and O–H groups in total. The van der Waals surface area contributed by atoms with Gasteiger partial charge >= 0.3 is 0 Å². The fraction of sp³-hybridized carbons (Fsp3) is 0.929. The molecule has 1 atom stereocenters. The maximum atomic E-state index is 12.5. The highest BCUT2D eigenvalue weighted by Gasteiger charge is 2.39. The van der Waals surface area contributed by atoms with E-state index in [9.17, 15) is 4.79 Å². The average molecular weight is 238 g/mol. The third kappa shape index (κ3) is 2.82. The van der Waals surface area contributed by atoms with Crippen molar-refractivity contribution < 1.29 is 4.79 Å². The van der Waals surface area contributed by atoms with Crippen molar-refractivity contribution in [2.45, 2.75) is 58.4 Å². The molecule has 0 aromatic carbocycles. The Morgan fingerprint density at radius 3 is 2.47 bits per heavy atom. The first-order valence-corrected chi connectivity index (χ1v) is 6.97. The van der Waals surface area contributed by atoms with E-state index < -0.39 is 0 Å². The minimum atomic E-state index is -0.283. The van der Waals surface area contributed by atoms with Crippen molar-refractivity contribution in [3.8, 4) is 0 Å². The number of nitrogens with one attached hydrogen (secondary N) is 1. The van der Waals surface area contributed by atoms with Crippen LogP contribution < -0.4 is 5.32 Å². The average Bonchev–Trinajstić information content (AvgIpc) is 2.62. The summed E-state index contributed by atoms with van der Waals surface area (Å²) in [5, 5.41) is 3.38. The standard InChI is InChI=1S/C14H26N2O/c1-13(2)6-5-10-16(11-8-13)12(17)14(3)7-4-9-15-14/h15H,4-11H2,1-3H3. The molecule has 0 aliphatic carbocycles. The molecule has 0 aromatic rings. The summed E-state index contributed by atoms with van der Waals surface area (Å²) < 4.78 is 0. The molecule has 3 nitrogen and oxygen atoms in total. The highest BCUT2D eigenvalue weighted by Crippen LogP contribution is 2.31. The highest BCUT2D eigenvalue weighted by molar-refractivity contribution is 5.86. The van der Waals surface area contributed by atoms with Crippen LogP contribution in [0.2, 0.25) is 0 Å². The van der Waals surface area contributed by atoms with Crippen LogP contribution in [0.15, 0.2) is 0 Å². The van der Waals surface area contributed by atoms with Crippen molar-refractivity contribution in [3.05, 3.63) is 0 Å². The van der Waals surface area contributed by atoms with E-state index in [2.05, 4.69) is 31.0 Å². The quantitative estimate of drug-likeness (QED) is 0.759. The molecule has 2 saturated heterocycles. The van der Waals surface area contributed by atoms with E-state index in [1.807, 2.05) is 0 Å². The van der Waals surface area contributed by atoms with Crippen LogP contribution in [-0.4, -0.2) is 36.0 Å². The first kappa shape index (κ1) is 12.9. The summed E-state index contributed by atoms with van der Waals surface area (Å²) in [5.41, 5.74) is 0.119. The van der Waals surface area contributed by atoms with Gasteiger partial charge in [-0.2, -0.15) is 0 Å². The number of hydrogen-bond acceptors (Lipinski definition) is 2. The Hall–Kier alpha value is -0.570. The third-order valence-electron chi connectivity index (χ3n) is 4.47. The monoisotopic (exact) mass is 238 g/mol. The molecule has 2 aliphatic heterocycles. The van der Waals surface area contributed by atoms with Crippen molar-refractivity contribution in [2.24, 2.45) is 5.41 Å². The van der Waals surface area contributed by atoms with E-state index in [1.165, 1.54) is 6.42 Å². The Bertz CT molecular complexity index is 293. The number of carbonyl (C=O) groups excluding carboxylic acids is 1. The minimum Gasteiger partial charge on any atom is -0.341 e. The number of carbonyl (C=O) groups is 1. The van der Waals surface area contributed by atoms with Crippen LogP contribution in [0, 0.1) is 5.41 Å². The second kappa shape index (κ2) is 4.60. The van der Waals surface area contributed by atoms with Crippen molar-refractivity contribution in [2.75, 3.05) is 19.6 Å². The molecule has 0 aromatic heterocycles. The van der Waals surface area contributed by atoms with Crippen LogP contribution in [-0.2, 0) is 4.79 Å². The molecular weight excluding hydrogens is 212 g/mol. The van der Waals surface area contributed by atoms with Gasteiger partial charge < -0.3 is 10.2 Å². The maximum absolute atomic E-state index is 12.5. The molecule has 0 saturated carbocycles. The molecule has 1 amide bonds. The van der Waals surface area contributed by atoms with Gasteiger partial charge in [-0.3, -0.25) is 4.79 Å². The van der Waals surface area contributed by atoms with Crippen molar-refractivity contribution >= 4 is 5.91 Å². The van der Waals surface area contributed by atoms with E-state index in [1.54, 1.807) is 0 Å². The number of rotatable bonds is 1. The zero-order chi connectivity index (χ0) is 12.5. The number of likely N-dealkylation sites (tertiary alicyclic amines) is 1. The molecule has 98 valence electrons. The predicted octanol–water partition coefficient (Wildman–Crippen LogP) is 2.17. The van der Waals surface area contributed by atoms with Gasteiger partial charge in [0.2, 0.25) is 5.91 Å². The molecule has 2 fully saturated rings. The normalized spacial score (nSPS) is 33.5. The summed E-state index contributed by atoms with van der Waals surface area (Å²) in [4.78, 5) is 14.6. The van der Waals surface area contributed by atoms with Crippen LogP contribution in [0.3, 0.4) is 0 Å². The molecule has 0 radical (unpaired) electrons. The Labute approximate surface area is 105 Å². The van der Waals surface area contributed by atoms with Gasteiger partial charge in [-0.1, -0.05) is 13.8 Å². The smallest absolute Gasteiger partial charge is 0.242 e. The van der Waals surface area contributed by atoms with Crippen LogP contribution in [0.1, 0.15) is 52.9 Å². The molecule has 0 bridgehead atoms. The third-order valence-corrected chi connectivity index (χ3v) is 4.47. The van der Waals surface area contributed by atoms with Crippen LogP contribution in [0.5, 0.6) is 0 Å². The van der Waals surface area contributed by atoms with Crippen LogP contribution >= 0.6 is 0 Å². The molecule has 0 spiro atoms. The van der Waals surface area contributed by atoms with Gasteiger partial charge in [-0.15, -0.1) is 0 Å². The van der Waals surface area contributed by atoms with Gasteiger partial charge in [0.15, 0.2) is 0 Å². The first-order valence-electron chi connectivity index (χ1n) is 6.97. The molecule has 3 heteroatoms. The van der Waals surface area contributed by atoms with Gasteiger partial charge in [0.1, 0.15) is 0 Å². The van der Waals surface area contributed by atoms with Gasteiger partial charge in [0.25, 0.3) is 0 Å². The number of nitrogens with zero attached hydrogens (tertiary/aromatic N) is 1. The highest BCUT2D eigenvalue weighted by atomic mass is 16.2. The van der Waals surface area contributed by atoms with E-state index >= 15 is 0 Å². The van der Waals surface area contributed by atoms with Crippen LogP contribution in [0.25, 0.3) is 0 Å². The summed E-state index contributed by atoms with van der Waals surface area (Å²) in [6.07, 6.45) is 5.64. The van der Waals surface area contributed by atoms with E-state index in [0.717, 1.165) is 45.3 Å². The topological polar surface area (TPSA) is 32.3 Å². The Balaban J connectivity index is 2.00. The molecule has 1 unspecified atom stereocenters. The second-order valence-corrected chi connectivity index (χ2v) is 6.67. The fourth-order valence-corrected chi connectivity index (χ4v) is 3.05. The SMILES string of the molecule is CC1(C)CCCN(C(=O)C2(C)CCCN2)CC1. The summed E-state index contributed by atoms with van der Waals surface area (Å²) in [6, 6.07) is 0. The lowest BCUT2D eigenvalue weighted by Gasteiger charge is -2.31. The molecule has 2 aliphatic rings. The Morgan fingerprint density at radius 2 is 1.82 bits per heavy atom. The molecular formula is C14H26N2O. The second-order valence-electron chi connectivity index (χ2n) is 6.67. The molecule has 2 rings (SSSR count). The van der Waals surface area contributed by atoms with Gasteiger partial charge in [0.05, 0.1) is 5.54 Å². The van der Waals surface area contributed by atoms with Crippen molar-refractivity contribution in [1.82, 2.24) is 10.2 Å². The van der Waals surface area contributed by atoms with Gasteiger partial charge in [-0.25, -0.2) is 0 Å². The van der Waals surface area contributed by atoms with E-state index in [0.29, 0.717) is 11.3 Å². The summed E-state index contributed by atoms with van der Waals surface area (Å²) in [5.74, 6) is 0.327. The molecule has 17 heavy (non-hydrogen) atoms. The van der Waals surface area contributed by atoms with E-state index in [4.69, 9.17) is 0 Å². The zero-order valence-corrected chi connectivity index (χ0v) is 11.5. The Kier molecular flexibility index (Phi) is 3.48. The summed E-state index contributed by atoms with van der Waals surface area (Å²) >= 11 is 0. The predicted molar refractivity (Wildman–Crippen MR) is 69.9 cm³/mol. The largest absolute Gasteiger partial charge is 0.341 e. The number of hydrogen-bond donors (Lipinski definition) is 1. The summed E-state index contributed by atoms with van der Waals surface area (Å²) in [7, 11) is 0. The lowest BCUT2D eigenvalue weighted by Crippen LogP contribution is -2.53. The van der Waals surface area contributed by atoms with Crippen molar-refractivity contribution in [3.63, 3.8) is 0 Å². The molecule has 2 heterocycles.